The van der Waals surface area contributed by atoms with Crippen molar-refractivity contribution in [2.24, 2.45) is 5.10 Å². The van der Waals surface area contributed by atoms with Crippen molar-refractivity contribution < 1.29 is 9.59 Å². The van der Waals surface area contributed by atoms with E-state index in [4.69, 9.17) is 11.6 Å². The van der Waals surface area contributed by atoms with Crippen LogP contribution in [0.1, 0.15) is 22.8 Å². The number of carbonyl (C=O) groups excluding carboxylic acids is 2. The number of carbonyl (C=O) groups is 2. The second kappa shape index (κ2) is 7.38. The van der Waals surface area contributed by atoms with Crippen molar-refractivity contribution in [2.75, 3.05) is 5.32 Å². The maximum absolute atomic E-state index is 11.8. The zero-order chi connectivity index (χ0) is 15.9. The highest BCUT2D eigenvalue weighted by molar-refractivity contribution is 6.30. The molecule has 5 nitrogen and oxygen atoms in total. The first kappa shape index (κ1) is 15.7. The van der Waals surface area contributed by atoms with Gasteiger partial charge in [-0.05, 0) is 42.0 Å². The van der Waals surface area contributed by atoms with E-state index >= 15 is 0 Å². The smallest absolute Gasteiger partial charge is 0.271 e. The summed E-state index contributed by atoms with van der Waals surface area (Å²) in [7, 11) is 0. The molecule has 0 radical (unpaired) electrons. The Morgan fingerprint density at radius 1 is 1.05 bits per heavy atom. The van der Waals surface area contributed by atoms with Gasteiger partial charge in [0.15, 0.2) is 0 Å². The molecule has 0 saturated carbocycles. The molecule has 0 unspecified atom stereocenters. The first-order valence-electron chi connectivity index (χ1n) is 6.51. The average Bonchev–Trinajstić information content (AvgIpc) is 2.49. The Hall–Kier alpha value is -2.66. The predicted octanol–water partition coefficient (Wildman–Crippen LogP) is 3.06. The van der Waals surface area contributed by atoms with Gasteiger partial charge in [0.25, 0.3) is 5.91 Å². The number of hydrogen-bond acceptors (Lipinski definition) is 3. The molecular weight excluding hydrogens is 302 g/mol. The minimum atomic E-state index is -0.317. The fourth-order valence-corrected chi connectivity index (χ4v) is 1.81. The summed E-state index contributed by atoms with van der Waals surface area (Å²) < 4.78 is 0. The van der Waals surface area contributed by atoms with E-state index < -0.39 is 0 Å². The predicted molar refractivity (Wildman–Crippen MR) is 87.3 cm³/mol. The topological polar surface area (TPSA) is 70.6 Å². The molecule has 2 rings (SSSR count). The van der Waals surface area contributed by atoms with Gasteiger partial charge in [0, 0.05) is 23.2 Å². The lowest BCUT2D eigenvalue weighted by molar-refractivity contribution is -0.114. The number of anilines is 1. The number of nitrogens with zero attached hydrogens (tertiary/aromatic N) is 1. The van der Waals surface area contributed by atoms with Crippen molar-refractivity contribution in [2.45, 2.75) is 6.92 Å². The number of nitrogens with one attached hydrogen (secondary N) is 2. The molecule has 2 amide bonds. The number of hydrazone groups is 1. The van der Waals surface area contributed by atoms with Gasteiger partial charge in [-0.1, -0.05) is 23.7 Å². The minimum Gasteiger partial charge on any atom is -0.326 e. The standard InChI is InChI=1S/C16H14ClN3O2/c1-11(21)19-15-8-2-12(3-9-15)10-18-20-16(22)13-4-6-14(17)7-5-13/h2-10H,1H3,(H,19,21)(H,20,22). The van der Waals surface area contributed by atoms with E-state index in [1.807, 2.05) is 0 Å². The molecule has 0 aliphatic rings. The number of halogens is 1. The van der Waals surface area contributed by atoms with Crippen LogP contribution in [0.15, 0.2) is 53.6 Å². The molecule has 0 bridgehead atoms. The van der Waals surface area contributed by atoms with Crippen LogP contribution in [0.2, 0.25) is 5.02 Å². The van der Waals surface area contributed by atoms with E-state index in [1.165, 1.54) is 13.1 Å². The monoisotopic (exact) mass is 315 g/mol. The number of benzene rings is 2. The summed E-state index contributed by atoms with van der Waals surface area (Å²) in [6, 6.07) is 13.6. The number of hydrogen-bond donors (Lipinski definition) is 2. The lowest BCUT2D eigenvalue weighted by Gasteiger charge is -2.02. The summed E-state index contributed by atoms with van der Waals surface area (Å²) in [6.45, 7) is 1.45. The Kier molecular flexibility index (Phi) is 5.27. The molecule has 0 aliphatic carbocycles. The SMILES string of the molecule is CC(=O)Nc1ccc(C=NNC(=O)c2ccc(Cl)cc2)cc1. The van der Waals surface area contributed by atoms with Gasteiger partial charge in [0.2, 0.25) is 5.91 Å². The van der Waals surface area contributed by atoms with Crippen LogP contribution in [0.4, 0.5) is 5.69 Å². The highest BCUT2D eigenvalue weighted by Gasteiger charge is 2.03. The molecule has 2 N–H and O–H groups in total. The molecule has 0 aliphatic heterocycles. The van der Waals surface area contributed by atoms with E-state index in [0.717, 1.165) is 5.56 Å². The third kappa shape index (κ3) is 4.71. The van der Waals surface area contributed by atoms with Crippen LogP contribution in [0, 0.1) is 0 Å². The Balaban J connectivity index is 1.93. The van der Waals surface area contributed by atoms with E-state index in [2.05, 4.69) is 15.8 Å². The summed E-state index contributed by atoms with van der Waals surface area (Å²) in [6.07, 6.45) is 1.52. The molecule has 2 aromatic carbocycles. The second-order valence-corrected chi connectivity index (χ2v) is 4.95. The van der Waals surface area contributed by atoms with Gasteiger partial charge < -0.3 is 5.32 Å². The molecule has 0 fully saturated rings. The molecule has 6 heteroatoms. The number of rotatable bonds is 4. The molecule has 0 saturated heterocycles. The van der Waals surface area contributed by atoms with Crippen molar-refractivity contribution in [3.05, 3.63) is 64.7 Å². The molecule has 2 aromatic rings. The average molecular weight is 316 g/mol. The summed E-state index contributed by atoms with van der Waals surface area (Å²) >= 11 is 5.76. The number of amides is 2. The minimum absolute atomic E-state index is 0.128. The van der Waals surface area contributed by atoms with Crippen LogP contribution in [-0.4, -0.2) is 18.0 Å². The Morgan fingerprint density at radius 2 is 1.68 bits per heavy atom. The van der Waals surface area contributed by atoms with Gasteiger partial charge in [-0.15, -0.1) is 0 Å². The molecule has 0 heterocycles. The molecule has 0 spiro atoms. The quantitative estimate of drug-likeness (QED) is 0.672. The molecular formula is C16H14ClN3O2. The maximum Gasteiger partial charge on any atom is 0.271 e. The van der Waals surface area contributed by atoms with Gasteiger partial charge in [-0.3, -0.25) is 9.59 Å². The molecule has 0 atom stereocenters. The van der Waals surface area contributed by atoms with Gasteiger partial charge in [0.05, 0.1) is 6.21 Å². The molecule has 112 valence electrons. The van der Waals surface area contributed by atoms with Crippen molar-refractivity contribution in [3.8, 4) is 0 Å². The Morgan fingerprint density at radius 3 is 2.27 bits per heavy atom. The first-order chi connectivity index (χ1) is 10.5. The van der Waals surface area contributed by atoms with Crippen molar-refractivity contribution in [3.63, 3.8) is 0 Å². The fraction of sp³-hybridized carbons (Fsp3) is 0.0625. The summed E-state index contributed by atoms with van der Waals surface area (Å²) in [5, 5.41) is 7.12. The van der Waals surface area contributed by atoms with Crippen molar-refractivity contribution >= 4 is 35.3 Å². The van der Waals surface area contributed by atoms with Gasteiger partial charge in [-0.2, -0.15) is 5.10 Å². The summed E-state index contributed by atoms with van der Waals surface area (Å²) in [4.78, 5) is 22.7. The summed E-state index contributed by atoms with van der Waals surface area (Å²) in [5.41, 5.74) is 4.41. The largest absolute Gasteiger partial charge is 0.326 e. The highest BCUT2D eigenvalue weighted by atomic mass is 35.5. The Labute approximate surface area is 133 Å². The third-order valence-corrected chi connectivity index (χ3v) is 2.97. The Bertz CT molecular complexity index is 694. The van der Waals surface area contributed by atoms with E-state index in [-0.39, 0.29) is 11.8 Å². The van der Waals surface area contributed by atoms with Crippen LogP contribution >= 0.6 is 11.6 Å². The lowest BCUT2D eigenvalue weighted by Crippen LogP contribution is -2.17. The zero-order valence-electron chi connectivity index (χ0n) is 11.8. The zero-order valence-corrected chi connectivity index (χ0v) is 12.6. The van der Waals surface area contributed by atoms with Crippen molar-refractivity contribution in [1.82, 2.24) is 5.43 Å². The van der Waals surface area contributed by atoms with Gasteiger partial charge in [0.1, 0.15) is 0 Å². The van der Waals surface area contributed by atoms with Crippen LogP contribution < -0.4 is 10.7 Å². The summed E-state index contributed by atoms with van der Waals surface area (Å²) in [5.74, 6) is -0.445. The highest BCUT2D eigenvalue weighted by Crippen LogP contribution is 2.09. The van der Waals surface area contributed by atoms with E-state index in [1.54, 1.807) is 48.5 Å². The van der Waals surface area contributed by atoms with E-state index in [9.17, 15) is 9.59 Å². The normalized spacial score (nSPS) is 10.5. The van der Waals surface area contributed by atoms with E-state index in [0.29, 0.717) is 16.3 Å². The molecule has 0 aromatic heterocycles. The second-order valence-electron chi connectivity index (χ2n) is 4.51. The lowest BCUT2D eigenvalue weighted by atomic mass is 10.2. The van der Waals surface area contributed by atoms with Crippen LogP contribution in [-0.2, 0) is 4.79 Å². The van der Waals surface area contributed by atoms with Crippen LogP contribution in [0.25, 0.3) is 0 Å². The third-order valence-electron chi connectivity index (χ3n) is 2.72. The van der Waals surface area contributed by atoms with Crippen LogP contribution in [0.5, 0.6) is 0 Å². The van der Waals surface area contributed by atoms with Crippen LogP contribution in [0.3, 0.4) is 0 Å². The van der Waals surface area contributed by atoms with Gasteiger partial charge >= 0.3 is 0 Å². The fourth-order valence-electron chi connectivity index (χ4n) is 1.69. The van der Waals surface area contributed by atoms with Crippen molar-refractivity contribution in [1.29, 1.82) is 0 Å². The molecule has 22 heavy (non-hydrogen) atoms. The maximum atomic E-state index is 11.8. The first-order valence-corrected chi connectivity index (χ1v) is 6.89. The van der Waals surface area contributed by atoms with Gasteiger partial charge in [-0.25, -0.2) is 5.43 Å².